The summed E-state index contributed by atoms with van der Waals surface area (Å²) in [4.78, 5) is 8.47. The number of aromatic nitrogens is 2. The minimum Gasteiger partial charge on any atom is -0.311 e. The molecule has 2 rings (SSSR count). The lowest BCUT2D eigenvalue weighted by Gasteiger charge is -2.21. The van der Waals surface area contributed by atoms with Gasteiger partial charge in [-0.05, 0) is 49.8 Å². The molecule has 1 N–H and O–H groups in total. The topological polar surface area (TPSA) is 37.8 Å². The molecule has 0 spiro atoms. The van der Waals surface area contributed by atoms with E-state index in [-0.39, 0.29) is 0 Å². The van der Waals surface area contributed by atoms with E-state index in [1.54, 1.807) is 0 Å². The second-order valence-corrected chi connectivity index (χ2v) is 5.51. The molecule has 0 radical (unpaired) electrons. The Balaban J connectivity index is 1.71. The van der Waals surface area contributed by atoms with E-state index in [0.717, 1.165) is 30.5 Å². The van der Waals surface area contributed by atoms with E-state index >= 15 is 0 Å². The van der Waals surface area contributed by atoms with Gasteiger partial charge in [-0.3, -0.25) is 0 Å². The molecule has 4 heteroatoms. The van der Waals surface area contributed by atoms with Crippen molar-refractivity contribution in [2.45, 2.75) is 26.3 Å². The molecular weight excluding hydrogens is 218 g/mol. The Kier molecular flexibility index (Phi) is 4.60. The fourth-order valence-electron chi connectivity index (χ4n) is 1.96. The highest BCUT2D eigenvalue weighted by Crippen LogP contribution is 2.21. The molecular formula is C12H19N3S. The van der Waals surface area contributed by atoms with Gasteiger partial charge in [-0.1, -0.05) is 0 Å². The molecule has 1 aromatic rings. The normalized spacial score (nSPS) is 17.6. The summed E-state index contributed by atoms with van der Waals surface area (Å²) in [5.74, 6) is 4.38. The largest absolute Gasteiger partial charge is 0.311 e. The van der Waals surface area contributed by atoms with E-state index in [0.29, 0.717) is 0 Å². The molecule has 2 heterocycles. The molecule has 1 saturated heterocycles. The smallest absolute Gasteiger partial charge is 0.125 e. The molecule has 0 amide bonds. The number of rotatable bonds is 4. The first kappa shape index (κ1) is 11.9. The molecule has 1 aliphatic heterocycles. The van der Waals surface area contributed by atoms with Gasteiger partial charge in [-0.2, -0.15) is 11.8 Å². The van der Waals surface area contributed by atoms with E-state index in [1.807, 2.05) is 19.2 Å². The van der Waals surface area contributed by atoms with Gasteiger partial charge in [0.1, 0.15) is 5.82 Å². The van der Waals surface area contributed by atoms with Crippen molar-refractivity contribution in [3.63, 3.8) is 0 Å². The molecule has 3 nitrogen and oxygen atoms in total. The molecule has 16 heavy (non-hydrogen) atoms. The van der Waals surface area contributed by atoms with Crippen molar-refractivity contribution in [1.29, 1.82) is 0 Å². The third-order valence-corrected chi connectivity index (χ3v) is 3.96. The Hall–Kier alpha value is -0.610. The summed E-state index contributed by atoms with van der Waals surface area (Å²) in [5.41, 5.74) is 1.10. The van der Waals surface area contributed by atoms with E-state index < -0.39 is 0 Å². The van der Waals surface area contributed by atoms with Crippen LogP contribution in [-0.2, 0) is 6.54 Å². The predicted octanol–water partition coefficient (Wildman–Crippen LogP) is 2.02. The van der Waals surface area contributed by atoms with Crippen LogP contribution in [0.3, 0.4) is 0 Å². The predicted molar refractivity (Wildman–Crippen MR) is 68.5 cm³/mol. The maximum absolute atomic E-state index is 4.38. The highest BCUT2D eigenvalue weighted by atomic mass is 32.2. The Bertz CT molecular complexity index is 324. The van der Waals surface area contributed by atoms with Crippen LogP contribution in [0.15, 0.2) is 12.3 Å². The standard InChI is InChI=1S/C12H19N3S/c1-10-14-5-2-12(15-10)9-13-8-11-3-6-16-7-4-11/h2,5,11,13H,3-4,6-9H2,1H3. The van der Waals surface area contributed by atoms with Gasteiger partial charge < -0.3 is 5.32 Å². The second kappa shape index (κ2) is 6.21. The zero-order valence-electron chi connectivity index (χ0n) is 9.78. The second-order valence-electron chi connectivity index (χ2n) is 4.28. The summed E-state index contributed by atoms with van der Waals surface area (Å²) < 4.78 is 0. The van der Waals surface area contributed by atoms with E-state index in [1.165, 1.54) is 24.3 Å². The van der Waals surface area contributed by atoms with Gasteiger partial charge in [0.25, 0.3) is 0 Å². The number of hydrogen-bond donors (Lipinski definition) is 1. The average Bonchev–Trinajstić information content (AvgIpc) is 2.30. The van der Waals surface area contributed by atoms with Gasteiger partial charge in [0, 0.05) is 12.7 Å². The molecule has 0 aromatic carbocycles. The monoisotopic (exact) mass is 237 g/mol. The van der Waals surface area contributed by atoms with Crippen LogP contribution in [0.1, 0.15) is 24.4 Å². The molecule has 88 valence electrons. The average molecular weight is 237 g/mol. The van der Waals surface area contributed by atoms with Gasteiger partial charge in [-0.25, -0.2) is 9.97 Å². The SMILES string of the molecule is Cc1nccc(CNCC2CCSCC2)n1. The summed E-state index contributed by atoms with van der Waals surface area (Å²) in [7, 11) is 0. The number of aryl methyl sites for hydroxylation is 1. The maximum atomic E-state index is 4.38. The molecule has 0 atom stereocenters. The lowest BCUT2D eigenvalue weighted by Crippen LogP contribution is -2.25. The minimum atomic E-state index is 0.855. The molecule has 1 aromatic heterocycles. The maximum Gasteiger partial charge on any atom is 0.125 e. The molecule has 0 saturated carbocycles. The van der Waals surface area contributed by atoms with Crippen molar-refractivity contribution >= 4 is 11.8 Å². The van der Waals surface area contributed by atoms with Crippen molar-refractivity contribution < 1.29 is 0 Å². The number of nitrogens with zero attached hydrogens (tertiary/aromatic N) is 2. The summed E-state index contributed by atoms with van der Waals surface area (Å²) in [6, 6.07) is 1.98. The Morgan fingerprint density at radius 1 is 1.44 bits per heavy atom. The van der Waals surface area contributed by atoms with E-state index in [4.69, 9.17) is 0 Å². The zero-order valence-corrected chi connectivity index (χ0v) is 10.6. The van der Waals surface area contributed by atoms with Crippen LogP contribution in [0.4, 0.5) is 0 Å². The molecule has 0 aliphatic carbocycles. The lowest BCUT2D eigenvalue weighted by molar-refractivity contribution is 0.446. The van der Waals surface area contributed by atoms with Crippen molar-refractivity contribution in [2.24, 2.45) is 5.92 Å². The van der Waals surface area contributed by atoms with Gasteiger partial charge in [0.15, 0.2) is 0 Å². The van der Waals surface area contributed by atoms with E-state index in [2.05, 4.69) is 27.0 Å². The Morgan fingerprint density at radius 2 is 2.25 bits per heavy atom. The summed E-state index contributed by atoms with van der Waals surface area (Å²) in [5, 5.41) is 3.50. The molecule has 0 bridgehead atoms. The Labute approximate surface area is 101 Å². The van der Waals surface area contributed by atoms with Gasteiger partial charge in [0.05, 0.1) is 5.69 Å². The van der Waals surface area contributed by atoms with Crippen LogP contribution in [0.5, 0.6) is 0 Å². The number of thioether (sulfide) groups is 1. The van der Waals surface area contributed by atoms with Crippen molar-refractivity contribution in [3.8, 4) is 0 Å². The first-order chi connectivity index (χ1) is 7.84. The van der Waals surface area contributed by atoms with Gasteiger partial charge in [0.2, 0.25) is 0 Å². The highest BCUT2D eigenvalue weighted by Gasteiger charge is 2.12. The first-order valence-electron chi connectivity index (χ1n) is 5.91. The van der Waals surface area contributed by atoms with Crippen LogP contribution in [0.2, 0.25) is 0 Å². The van der Waals surface area contributed by atoms with Crippen LogP contribution < -0.4 is 5.32 Å². The van der Waals surface area contributed by atoms with Crippen molar-refractivity contribution in [3.05, 3.63) is 23.8 Å². The van der Waals surface area contributed by atoms with E-state index in [9.17, 15) is 0 Å². The molecule has 1 fully saturated rings. The van der Waals surface area contributed by atoms with Crippen molar-refractivity contribution in [2.75, 3.05) is 18.1 Å². The summed E-state index contributed by atoms with van der Waals surface area (Å²) in [6.45, 7) is 3.93. The van der Waals surface area contributed by atoms with Crippen molar-refractivity contribution in [1.82, 2.24) is 15.3 Å². The quantitative estimate of drug-likeness (QED) is 0.869. The minimum absolute atomic E-state index is 0.855. The number of nitrogens with one attached hydrogen (secondary N) is 1. The Morgan fingerprint density at radius 3 is 3.00 bits per heavy atom. The lowest BCUT2D eigenvalue weighted by atomic mass is 10.0. The van der Waals surface area contributed by atoms with Crippen LogP contribution in [-0.4, -0.2) is 28.0 Å². The third-order valence-electron chi connectivity index (χ3n) is 2.91. The van der Waals surface area contributed by atoms with Gasteiger partial charge in [-0.15, -0.1) is 0 Å². The van der Waals surface area contributed by atoms with Crippen LogP contribution >= 0.6 is 11.8 Å². The summed E-state index contributed by atoms with van der Waals surface area (Å²) in [6.07, 6.45) is 4.55. The fourth-order valence-corrected chi connectivity index (χ4v) is 3.16. The molecule has 1 aliphatic rings. The zero-order chi connectivity index (χ0) is 11.2. The third kappa shape index (κ3) is 3.76. The van der Waals surface area contributed by atoms with Crippen LogP contribution in [0.25, 0.3) is 0 Å². The summed E-state index contributed by atoms with van der Waals surface area (Å²) >= 11 is 2.08. The fraction of sp³-hybridized carbons (Fsp3) is 0.667. The first-order valence-corrected chi connectivity index (χ1v) is 7.07. The van der Waals surface area contributed by atoms with Crippen LogP contribution in [0, 0.1) is 12.8 Å². The molecule has 0 unspecified atom stereocenters. The number of hydrogen-bond acceptors (Lipinski definition) is 4. The van der Waals surface area contributed by atoms with Gasteiger partial charge >= 0.3 is 0 Å². The highest BCUT2D eigenvalue weighted by molar-refractivity contribution is 7.99.